The van der Waals surface area contributed by atoms with Gasteiger partial charge >= 0.3 is 0 Å². The van der Waals surface area contributed by atoms with Gasteiger partial charge in [0.2, 0.25) is 11.8 Å². The van der Waals surface area contributed by atoms with Crippen molar-refractivity contribution < 1.29 is 9.59 Å². The summed E-state index contributed by atoms with van der Waals surface area (Å²) in [6.07, 6.45) is 7.01. The molecule has 3 rings (SSSR count). The fourth-order valence-corrected chi connectivity index (χ4v) is 4.69. The lowest BCUT2D eigenvalue weighted by Crippen LogP contribution is -2.52. The molecule has 1 aliphatic rings. The topological polar surface area (TPSA) is 49.4 Å². The van der Waals surface area contributed by atoms with Crippen LogP contribution in [0.4, 0.5) is 0 Å². The van der Waals surface area contributed by atoms with Crippen molar-refractivity contribution in [3.63, 3.8) is 0 Å². The first-order valence-corrected chi connectivity index (χ1v) is 12.3. The van der Waals surface area contributed by atoms with Gasteiger partial charge in [-0.15, -0.1) is 0 Å². The molecule has 1 atom stereocenters. The molecule has 0 heterocycles. The molecule has 1 aliphatic carbocycles. The van der Waals surface area contributed by atoms with Crippen LogP contribution in [0.25, 0.3) is 0 Å². The molecule has 6 heteroatoms. The van der Waals surface area contributed by atoms with Gasteiger partial charge in [-0.05, 0) is 48.9 Å². The highest BCUT2D eigenvalue weighted by Crippen LogP contribution is 2.24. The van der Waals surface area contributed by atoms with E-state index >= 15 is 0 Å². The molecule has 2 aromatic carbocycles. The summed E-state index contributed by atoms with van der Waals surface area (Å²) in [7, 11) is 0. The SMILES string of the molecule is CC[C@@H](C(=O)NC1CCCCC1)N(CCc1ccccc1)C(=O)Cc1ccc(Cl)c(Cl)c1. The molecule has 2 aromatic rings. The molecular formula is C26H32Cl2N2O2. The fourth-order valence-electron chi connectivity index (χ4n) is 4.37. The van der Waals surface area contributed by atoms with Gasteiger partial charge in [0.15, 0.2) is 0 Å². The van der Waals surface area contributed by atoms with Crippen LogP contribution in [-0.2, 0) is 22.4 Å². The number of rotatable bonds is 9. The maximum Gasteiger partial charge on any atom is 0.243 e. The number of amides is 2. The molecule has 0 bridgehead atoms. The second kappa shape index (κ2) is 12.3. The number of hydrogen-bond acceptors (Lipinski definition) is 2. The van der Waals surface area contributed by atoms with Crippen LogP contribution in [0.15, 0.2) is 48.5 Å². The number of carbonyl (C=O) groups is 2. The molecule has 1 fully saturated rings. The Morgan fingerprint density at radius 1 is 1.00 bits per heavy atom. The first kappa shape index (κ1) is 24.6. The third-order valence-corrected chi connectivity index (χ3v) is 6.90. The zero-order valence-corrected chi connectivity index (χ0v) is 20.2. The number of carbonyl (C=O) groups excluding carboxylic acids is 2. The molecule has 4 nitrogen and oxygen atoms in total. The predicted octanol–water partition coefficient (Wildman–Crippen LogP) is 5.83. The van der Waals surface area contributed by atoms with Crippen molar-refractivity contribution in [2.24, 2.45) is 0 Å². The highest BCUT2D eigenvalue weighted by molar-refractivity contribution is 6.42. The van der Waals surface area contributed by atoms with Crippen molar-refractivity contribution in [2.45, 2.75) is 70.4 Å². The van der Waals surface area contributed by atoms with E-state index in [9.17, 15) is 9.59 Å². The standard InChI is InChI=1S/C26H32Cl2N2O2/c1-2-24(26(32)29-21-11-7-4-8-12-21)30(16-15-19-9-5-3-6-10-19)25(31)18-20-13-14-22(27)23(28)17-20/h3,5-6,9-10,13-14,17,21,24H,2,4,7-8,11-12,15-16,18H2,1H3,(H,29,32)/t24-/m0/s1. The molecule has 0 aromatic heterocycles. The minimum atomic E-state index is -0.490. The van der Waals surface area contributed by atoms with Crippen molar-refractivity contribution in [1.82, 2.24) is 10.2 Å². The van der Waals surface area contributed by atoms with Crippen LogP contribution in [0.1, 0.15) is 56.6 Å². The van der Waals surface area contributed by atoms with E-state index in [2.05, 4.69) is 5.32 Å². The van der Waals surface area contributed by atoms with E-state index in [1.165, 1.54) is 6.42 Å². The average Bonchev–Trinajstić information content (AvgIpc) is 2.80. The van der Waals surface area contributed by atoms with E-state index in [4.69, 9.17) is 23.2 Å². The van der Waals surface area contributed by atoms with E-state index in [-0.39, 0.29) is 24.3 Å². The molecule has 0 unspecified atom stereocenters. The summed E-state index contributed by atoms with van der Waals surface area (Å²) in [6, 6.07) is 15.0. The van der Waals surface area contributed by atoms with Crippen LogP contribution in [-0.4, -0.2) is 35.3 Å². The summed E-state index contributed by atoms with van der Waals surface area (Å²) in [6.45, 7) is 2.45. The van der Waals surface area contributed by atoms with Crippen LogP contribution >= 0.6 is 23.2 Å². The van der Waals surface area contributed by atoms with E-state index in [0.717, 1.165) is 36.8 Å². The predicted molar refractivity (Wildman–Crippen MR) is 131 cm³/mol. The first-order chi connectivity index (χ1) is 15.5. The van der Waals surface area contributed by atoms with Gasteiger partial charge in [-0.1, -0.05) is 85.8 Å². The minimum absolute atomic E-state index is 0.0463. The Labute approximate surface area is 201 Å². The lowest BCUT2D eigenvalue weighted by Gasteiger charge is -2.33. The summed E-state index contributed by atoms with van der Waals surface area (Å²) in [5.74, 6) is -0.125. The van der Waals surface area contributed by atoms with E-state index in [1.54, 1.807) is 17.0 Å². The quantitative estimate of drug-likeness (QED) is 0.496. The number of nitrogens with zero attached hydrogens (tertiary/aromatic N) is 1. The molecule has 0 aliphatic heterocycles. The second-order valence-electron chi connectivity index (χ2n) is 8.52. The third kappa shape index (κ3) is 6.98. The first-order valence-electron chi connectivity index (χ1n) is 11.6. The summed E-state index contributed by atoms with van der Waals surface area (Å²) < 4.78 is 0. The molecule has 172 valence electrons. The molecular weight excluding hydrogens is 443 g/mol. The van der Waals surface area contributed by atoms with Crippen molar-refractivity contribution >= 4 is 35.0 Å². The van der Waals surface area contributed by atoms with Crippen molar-refractivity contribution in [3.8, 4) is 0 Å². The summed E-state index contributed by atoms with van der Waals surface area (Å²) in [5, 5.41) is 4.10. The molecule has 32 heavy (non-hydrogen) atoms. The van der Waals surface area contributed by atoms with Crippen molar-refractivity contribution in [1.29, 1.82) is 0 Å². The van der Waals surface area contributed by atoms with Crippen LogP contribution < -0.4 is 5.32 Å². The molecule has 0 radical (unpaired) electrons. The van der Waals surface area contributed by atoms with Gasteiger partial charge in [0.25, 0.3) is 0 Å². The lowest BCUT2D eigenvalue weighted by atomic mass is 9.95. The normalized spacial score (nSPS) is 15.2. The maximum atomic E-state index is 13.4. The summed E-state index contributed by atoms with van der Waals surface area (Å²) in [5.41, 5.74) is 1.93. The zero-order chi connectivity index (χ0) is 22.9. The van der Waals surface area contributed by atoms with Crippen molar-refractivity contribution in [2.75, 3.05) is 6.54 Å². The van der Waals surface area contributed by atoms with Gasteiger partial charge in [-0.3, -0.25) is 9.59 Å². The van der Waals surface area contributed by atoms with E-state index in [0.29, 0.717) is 29.4 Å². The Balaban J connectivity index is 1.75. The number of hydrogen-bond donors (Lipinski definition) is 1. The van der Waals surface area contributed by atoms with Crippen LogP contribution in [0, 0.1) is 0 Å². The Morgan fingerprint density at radius 3 is 2.38 bits per heavy atom. The Bertz CT molecular complexity index is 898. The van der Waals surface area contributed by atoms with Gasteiger partial charge in [0.05, 0.1) is 16.5 Å². The van der Waals surface area contributed by atoms with Crippen LogP contribution in [0.2, 0.25) is 10.0 Å². The monoisotopic (exact) mass is 474 g/mol. The Morgan fingerprint density at radius 2 is 1.72 bits per heavy atom. The summed E-state index contributed by atoms with van der Waals surface area (Å²) in [4.78, 5) is 28.3. The largest absolute Gasteiger partial charge is 0.352 e. The molecule has 0 saturated heterocycles. The van der Waals surface area contributed by atoms with Crippen LogP contribution in [0.3, 0.4) is 0 Å². The maximum absolute atomic E-state index is 13.4. The van der Waals surface area contributed by atoms with Gasteiger partial charge in [0, 0.05) is 12.6 Å². The molecule has 2 amide bonds. The smallest absolute Gasteiger partial charge is 0.243 e. The average molecular weight is 475 g/mol. The number of nitrogens with one attached hydrogen (secondary N) is 1. The number of benzene rings is 2. The zero-order valence-electron chi connectivity index (χ0n) is 18.7. The summed E-state index contributed by atoms with van der Waals surface area (Å²) >= 11 is 12.2. The van der Waals surface area contributed by atoms with E-state index < -0.39 is 6.04 Å². The van der Waals surface area contributed by atoms with Crippen molar-refractivity contribution in [3.05, 3.63) is 69.7 Å². The van der Waals surface area contributed by atoms with E-state index in [1.807, 2.05) is 43.3 Å². The van der Waals surface area contributed by atoms with Crippen LogP contribution in [0.5, 0.6) is 0 Å². The van der Waals surface area contributed by atoms with Gasteiger partial charge in [-0.2, -0.15) is 0 Å². The Hall–Kier alpha value is -2.04. The fraction of sp³-hybridized carbons (Fsp3) is 0.462. The minimum Gasteiger partial charge on any atom is -0.352 e. The highest BCUT2D eigenvalue weighted by Gasteiger charge is 2.30. The lowest BCUT2D eigenvalue weighted by molar-refractivity contribution is -0.140. The molecule has 1 N–H and O–H groups in total. The Kier molecular flexibility index (Phi) is 9.43. The van der Waals surface area contributed by atoms with Gasteiger partial charge < -0.3 is 10.2 Å². The highest BCUT2D eigenvalue weighted by atomic mass is 35.5. The van der Waals surface area contributed by atoms with Gasteiger partial charge in [0.1, 0.15) is 6.04 Å². The second-order valence-corrected chi connectivity index (χ2v) is 9.33. The van der Waals surface area contributed by atoms with Gasteiger partial charge in [-0.25, -0.2) is 0 Å². The third-order valence-electron chi connectivity index (χ3n) is 6.16. The number of halogens is 2. The molecule has 1 saturated carbocycles. The molecule has 0 spiro atoms.